The lowest BCUT2D eigenvalue weighted by molar-refractivity contribution is 0.756. The molecule has 0 aliphatic carbocycles. The minimum atomic E-state index is 0. The number of rotatable bonds is 1. The van der Waals surface area contributed by atoms with Crippen LogP contribution in [0.5, 0.6) is 0 Å². The predicted octanol–water partition coefficient (Wildman–Crippen LogP) is 2.21. The predicted molar refractivity (Wildman–Crippen MR) is 69.4 cm³/mol. The van der Waals surface area contributed by atoms with Crippen molar-refractivity contribution in [3.8, 4) is 0 Å². The smallest absolute Gasteiger partial charge is 0.194 e. The number of benzene rings is 1. The molecule has 0 amide bonds. The zero-order chi connectivity index (χ0) is 10.1. The van der Waals surface area contributed by atoms with Crippen LogP contribution < -0.4 is 0 Å². The Labute approximate surface area is 108 Å². The summed E-state index contributed by atoms with van der Waals surface area (Å²) in [7, 11) is 0. The van der Waals surface area contributed by atoms with Gasteiger partial charge in [-0.25, -0.2) is 0 Å². The maximum absolute atomic E-state index is 4.46. The van der Waals surface area contributed by atoms with E-state index in [9.17, 15) is 0 Å². The van der Waals surface area contributed by atoms with Crippen LogP contribution in [0.3, 0.4) is 0 Å². The molecule has 16 heavy (non-hydrogen) atoms. The monoisotopic (exact) mass is 296 g/mol. The van der Waals surface area contributed by atoms with Gasteiger partial charge in [-0.1, -0.05) is 42.1 Å². The van der Waals surface area contributed by atoms with Crippen molar-refractivity contribution in [2.24, 2.45) is 5.10 Å². The molecule has 2 aromatic rings. The number of nitrogens with zero attached hydrogens (tertiary/aromatic N) is 4. The molecule has 3 rings (SSSR count). The Hall–Kier alpha value is -1.14. The van der Waals surface area contributed by atoms with Crippen LogP contribution in [0.15, 0.2) is 46.9 Å². The molecule has 0 N–H and O–H groups in total. The van der Waals surface area contributed by atoms with Gasteiger partial charge in [0.2, 0.25) is 5.16 Å². The standard InChI is InChI=1S/C10H8N4S.BrH/c1-2-4-8(5-3-1)9-6-15-10-12-11-7-14(10)13-9;/h1-5,7H,6H2;1H. The molecule has 82 valence electrons. The van der Waals surface area contributed by atoms with E-state index in [1.54, 1.807) is 22.8 Å². The Kier molecular flexibility index (Phi) is 3.40. The van der Waals surface area contributed by atoms with Crippen LogP contribution in [0.2, 0.25) is 0 Å². The summed E-state index contributed by atoms with van der Waals surface area (Å²) in [6.07, 6.45) is 1.63. The highest BCUT2D eigenvalue weighted by Gasteiger charge is 2.14. The van der Waals surface area contributed by atoms with Crippen molar-refractivity contribution in [2.75, 3.05) is 5.75 Å². The van der Waals surface area contributed by atoms with Crippen LogP contribution in [0.1, 0.15) is 5.56 Å². The summed E-state index contributed by atoms with van der Waals surface area (Å²) in [4.78, 5) is 0. The molecule has 1 aliphatic heterocycles. The lowest BCUT2D eigenvalue weighted by Crippen LogP contribution is -2.12. The van der Waals surface area contributed by atoms with Crippen molar-refractivity contribution in [2.45, 2.75) is 5.16 Å². The number of hydrogen-bond acceptors (Lipinski definition) is 4. The average molecular weight is 297 g/mol. The van der Waals surface area contributed by atoms with Gasteiger partial charge in [0.05, 0.1) is 5.71 Å². The summed E-state index contributed by atoms with van der Waals surface area (Å²) in [5.74, 6) is 0.850. The van der Waals surface area contributed by atoms with Crippen molar-refractivity contribution in [3.63, 3.8) is 0 Å². The SMILES string of the molecule is Br.c1ccc(C2=Nn3cnnc3SC2)cc1. The Balaban J connectivity index is 0.000000963. The fourth-order valence-corrected chi connectivity index (χ4v) is 2.26. The molecule has 1 aliphatic rings. The first kappa shape index (κ1) is 11.3. The van der Waals surface area contributed by atoms with Crippen molar-refractivity contribution < 1.29 is 0 Å². The molecule has 0 saturated carbocycles. The molecule has 1 aromatic carbocycles. The largest absolute Gasteiger partial charge is 0.212 e. The number of aromatic nitrogens is 3. The van der Waals surface area contributed by atoms with Crippen molar-refractivity contribution >= 4 is 34.5 Å². The van der Waals surface area contributed by atoms with Gasteiger partial charge in [-0.05, 0) is 5.56 Å². The zero-order valence-corrected chi connectivity index (χ0v) is 10.8. The highest BCUT2D eigenvalue weighted by molar-refractivity contribution is 8.93. The normalized spacial score (nSPS) is 13.6. The van der Waals surface area contributed by atoms with Gasteiger partial charge in [0.15, 0.2) is 0 Å². The van der Waals surface area contributed by atoms with Gasteiger partial charge in [0.25, 0.3) is 0 Å². The van der Waals surface area contributed by atoms with Crippen LogP contribution in [0, 0.1) is 0 Å². The van der Waals surface area contributed by atoms with E-state index in [2.05, 4.69) is 27.4 Å². The Bertz CT molecular complexity index is 509. The summed E-state index contributed by atoms with van der Waals surface area (Å²) >= 11 is 1.66. The third-order valence-electron chi connectivity index (χ3n) is 2.17. The van der Waals surface area contributed by atoms with Crippen LogP contribution in [-0.4, -0.2) is 26.3 Å². The summed E-state index contributed by atoms with van der Waals surface area (Å²) in [5.41, 5.74) is 2.22. The van der Waals surface area contributed by atoms with Crippen LogP contribution in [0.4, 0.5) is 0 Å². The molecule has 2 heterocycles. The summed E-state index contributed by atoms with van der Waals surface area (Å²) in [5, 5.41) is 13.1. The second kappa shape index (κ2) is 4.80. The molecule has 0 atom stereocenters. The first-order valence-electron chi connectivity index (χ1n) is 4.59. The van der Waals surface area contributed by atoms with E-state index in [4.69, 9.17) is 0 Å². The second-order valence-electron chi connectivity index (χ2n) is 3.16. The zero-order valence-electron chi connectivity index (χ0n) is 8.28. The van der Waals surface area contributed by atoms with E-state index < -0.39 is 0 Å². The molecule has 6 heteroatoms. The molecule has 1 aromatic heterocycles. The molecular weight excluding hydrogens is 288 g/mol. The maximum atomic E-state index is 4.46. The van der Waals surface area contributed by atoms with Gasteiger partial charge >= 0.3 is 0 Å². The molecule has 0 unspecified atom stereocenters. The summed E-state index contributed by atoms with van der Waals surface area (Å²) in [6, 6.07) is 10.2. The summed E-state index contributed by atoms with van der Waals surface area (Å²) < 4.78 is 1.72. The lowest BCUT2D eigenvalue weighted by atomic mass is 10.1. The Morgan fingerprint density at radius 2 is 2.00 bits per heavy atom. The van der Waals surface area contributed by atoms with Gasteiger partial charge in [-0.2, -0.15) is 9.78 Å². The quantitative estimate of drug-likeness (QED) is 0.810. The number of halogens is 1. The number of thioether (sulfide) groups is 1. The van der Waals surface area contributed by atoms with E-state index in [0.717, 1.165) is 22.2 Å². The highest BCUT2D eigenvalue weighted by atomic mass is 79.9. The minimum Gasteiger partial charge on any atom is -0.194 e. The van der Waals surface area contributed by atoms with E-state index in [1.165, 1.54) is 0 Å². The van der Waals surface area contributed by atoms with Crippen LogP contribution in [0.25, 0.3) is 0 Å². The fourth-order valence-electron chi connectivity index (χ4n) is 1.45. The minimum absolute atomic E-state index is 0. The highest BCUT2D eigenvalue weighted by Crippen LogP contribution is 2.21. The third-order valence-corrected chi connectivity index (χ3v) is 3.12. The third kappa shape index (κ3) is 2.03. The molecular formula is C10H9BrN4S. The van der Waals surface area contributed by atoms with Crippen LogP contribution in [-0.2, 0) is 0 Å². The van der Waals surface area contributed by atoms with E-state index in [0.29, 0.717) is 0 Å². The van der Waals surface area contributed by atoms with Crippen molar-refractivity contribution in [3.05, 3.63) is 42.2 Å². The van der Waals surface area contributed by atoms with Crippen LogP contribution >= 0.6 is 28.7 Å². The van der Waals surface area contributed by atoms with Crippen molar-refractivity contribution in [1.82, 2.24) is 14.9 Å². The number of fused-ring (bicyclic) bond motifs is 1. The molecule has 0 radical (unpaired) electrons. The van der Waals surface area contributed by atoms with E-state index >= 15 is 0 Å². The maximum Gasteiger partial charge on any atom is 0.212 e. The lowest BCUT2D eigenvalue weighted by Gasteiger charge is -2.11. The Morgan fingerprint density at radius 1 is 1.19 bits per heavy atom. The van der Waals surface area contributed by atoms with Gasteiger partial charge < -0.3 is 0 Å². The molecule has 0 saturated heterocycles. The van der Waals surface area contributed by atoms with E-state index in [1.807, 2.05) is 18.2 Å². The van der Waals surface area contributed by atoms with Crippen molar-refractivity contribution in [1.29, 1.82) is 0 Å². The number of hydrogen-bond donors (Lipinski definition) is 0. The first-order chi connectivity index (χ1) is 7.43. The molecule has 4 nitrogen and oxygen atoms in total. The summed E-state index contributed by atoms with van der Waals surface area (Å²) in [6.45, 7) is 0. The molecule has 0 fully saturated rings. The van der Waals surface area contributed by atoms with Gasteiger partial charge in [0.1, 0.15) is 6.33 Å². The molecule has 0 spiro atoms. The van der Waals surface area contributed by atoms with Gasteiger partial charge in [0, 0.05) is 5.75 Å². The first-order valence-corrected chi connectivity index (χ1v) is 5.58. The van der Waals surface area contributed by atoms with E-state index in [-0.39, 0.29) is 17.0 Å². The van der Waals surface area contributed by atoms with Gasteiger partial charge in [-0.3, -0.25) is 0 Å². The topological polar surface area (TPSA) is 43.1 Å². The Morgan fingerprint density at radius 3 is 2.81 bits per heavy atom. The average Bonchev–Trinajstić information content (AvgIpc) is 2.77. The fraction of sp³-hybridized carbons (Fsp3) is 0.100. The second-order valence-corrected chi connectivity index (χ2v) is 4.10. The molecule has 0 bridgehead atoms. The van der Waals surface area contributed by atoms with Gasteiger partial charge in [-0.15, -0.1) is 27.2 Å².